The van der Waals surface area contributed by atoms with Crippen molar-refractivity contribution in [2.75, 3.05) is 0 Å². The van der Waals surface area contributed by atoms with Gasteiger partial charge in [-0.05, 0) is 45.6 Å². The number of aromatic amines is 1. The Kier molecular flexibility index (Phi) is 4.56. The maximum atomic E-state index is 12.2. The molecule has 8 heteroatoms. The number of aromatic carboxylic acids is 1. The average molecular weight is 439 g/mol. The number of fused-ring (bicyclic) bond motifs is 1. The van der Waals surface area contributed by atoms with Gasteiger partial charge in [0.05, 0.1) is 5.56 Å². The SMILES string of the molecule is Cc1nc2c(Br)n[nH]c(=O)c2n1Cc1ccc(-c2ccccc2C(=O)O)cc1. The van der Waals surface area contributed by atoms with Crippen molar-refractivity contribution in [1.29, 1.82) is 0 Å². The number of aromatic nitrogens is 4. The molecule has 0 aliphatic heterocycles. The van der Waals surface area contributed by atoms with E-state index < -0.39 is 5.97 Å². The zero-order valence-electron chi connectivity index (χ0n) is 14.8. The van der Waals surface area contributed by atoms with Crippen LogP contribution in [0.1, 0.15) is 21.7 Å². The minimum atomic E-state index is -0.960. The molecule has 4 aromatic rings. The summed E-state index contributed by atoms with van der Waals surface area (Å²) in [6.07, 6.45) is 0. The number of hydrogen-bond donors (Lipinski definition) is 2. The van der Waals surface area contributed by atoms with Crippen LogP contribution in [0.4, 0.5) is 0 Å². The molecule has 2 N–H and O–H groups in total. The second kappa shape index (κ2) is 7.05. The molecule has 140 valence electrons. The van der Waals surface area contributed by atoms with Gasteiger partial charge < -0.3 is 9.67 Å². The molecular weight excluding hydrogens is 424 g/mol. The van der Waals surface area contributed by atoms with Gasteiger partial charge in [-0.15, -0.1) is 0 Å². The van der Waals surface area contributed by atoms with Crippen LogP contribution in [-0.4, -0.2) is 30.8 Å². The van der Waals surface area contributed by atoms with Gasteiger partial charge in [0.15, 0.2) is 4.60 Å². The largest absolute Gasteiger partial charge is 0.478 e. The molecule has 0 spiro atoms. The summed E-state index contributed by atoms with van der Waals surface area (Å²) in [4.78, 5) is 28.1. The minimum Gasteiger partial charge on any atom is -0.478 e. The normalized spacial score (nSPS) is 11.1. The summed E-state index contributed by atoms with van der Waals surface area (Å²) in [5, 5.41) is 15.7. The summed E-state index contributed by atoms with van der Waals surface area (Å²) in [6, 6.07) is 14.5. The molecule has 28 heavy (non-hydrogen) atoms. The van der Waals surface area contributed by atoms with Gasteiger partial charge in [0, 0.05) is 6.54 Å². The van der Waals surface area contributed by atoms with E-state index in [-0.39, 0.29) is 11.1 Å². The van der Waals surface area contributed by atoms with Crippen molar-refractivity contribution in [2.24, 2.45) is 0 Å². The molecule has 0 saturated heterocycles. The Morgan fingerprint density at radius 1 is 1.18 bits per heavy atom. The van der Waals surface area contributed by atoms with E-state index in [1.54, 1.807) is 18.2 Å². The lowest BCUT2D eigenvalue weighted by molar-refractivity contribution is 0.0697. The van der Waals surface area contributed by atoms with Crippen molar-refractivity contribution in [3.63, 3.8) is 0 Å². The lowest BCUT2D eigenvalue weighted by Gasteiger charge is -2.09. The van der Waals surface area contributed by atoms with Crippen molar-refractivity contribution < 1.29 is 9.90 Å². The van der Waals surface area contributed by atoms with Gasteiger partial charge in [-0.25, -0.2) is 14.9 Å². The maximum absolute atomic E-state index is 12.2. The molecule has 0 fully saturated rings. The van der Waals surface area contributed by atoms with E-state index in [2.05, 4.69) is 31.1 Å². The van der Waals surface area contributed by atoms with Crippen molar-refractivity contribution in [3.05, 3.63) is 80.4 Å². The van der Waals surface area contributed by atoms with Crippen LogP contribution in [0.5, 0.6) is 0 Å². The molecule has 0 radical (unpaired) electrons. The lowest BCUT2D eigenvalue weighted by Crippen LogP contribution is -2.14. The van der Waals surface area contributed by atoms with Crippen molar-refractivity contribution in [3.8, 4) is 11.1 Å². The van der Waals surface area contributed by atoms with Gasteiger partial charge in [0.1, 0.15) is 16.9 Å². The monoisotopic (exact) mass is 438 g/mol. The van der Waals surface area contributed by atoms with Crippen LogP contribution < -0.4 is 5.56 Å². The summed E-state index contributed by atoms with van der Waals surface area (Å²) in [5.74, 6) is -0.256. The number of carbonyl (C=O) groups is 1. The summed E-state index contributed by atoms with van der Waals surface area (Å²) in [6.45, 7) is 2.30. The third kappa shape index (κ3) is 3.11. The van der Waals surface area contributed by atoms with Crippen LogP contribution in [0.2, 0.25) is 0 Å². The average Bonchev–Trinajstić information content (AvgIpc) is 3.03. The number of nitrogens with one attached hydrogen (secondary N) is 1. The zero-order chi connectivity index (χ0) is 19.8. The van der Waals surface area contributed by atoms with Crippen molar-refractivity contribution >= 4 is 32.9 Å². The Labute approximate surface area is 167 Å². The lowest BCUT2D eigenvalue weighted by atomic mass is 9.99. The van der Waals surface area contributed by atoms with Gasteiger partial charge in [-0.2, -0.15) is 5.10 Å². The fourth-order valence-corrected chi connectivity index (χ4v) is 3.60. The predicted molar refractivity (Wildman–Crippen MR) is 109 cm³/mol. The Bertz CT molecular complexity index is 1260. The Hall–Kier alpha value is -3.26. The van der Waals surface area contributed by atoms with Gasteiger partial charge in [-0.1, -0.05) is 42.5 Å². The molecule has 2 heterocycles. The zero-order valence-corrected chi connectivity index (χ0v) is 16.4. The van der Waals surface area contributed by atoms with Gasteiger partial charge in [0.25, 0.3) is 5.56 Å². The predicted octanol–water partition coefficient (Wildman–Crippen LogP) is 3.60. The highest BCUT2D eigenvalue weighted by atomic mass is 79.9. The highest BCUT2D eigenvalue weighted by Crippen LogP contribution is 2.25. The number of carboxylic acids is 1. The Morgan fingerprint density at radius 2 is 1.89 bits per heavy atom. The summed E-state index contributed by atoms with van der Waals surface area (Å²) in [7, 11) is 0. The quantitative estimate of drug-likeness (QED) is 0.506. The number of H-pyrrole nitrogens is 1. The number of halogens is 1. The molecule has 4 rings (SSSR count). The van der Waals surface area contributed by atoms with Crippen LogP contribution in [0.3, 0.4) is 0 Å². The summed E-state index contributed by atoms with van der Waals surface area (Å²) in [5.41, 5.74) is 3.39. The van der Waals surface area contributed by atoms with Crippen LogP contribution in [0.15, 0.2) is 57.9 Å². The molecule has 0 saturated carbocycles. The third-order valence-electron chi connectivity index (χ3n) is 4.59. The molecule has 0 aliphatic rings. The Morgan fingerprint density at radius 3 is 2.61 bits per heavy atom. The van der Waals surface area contributed by atoms with E-state index in [9.17, 15) is 14.7 Å². The minimum absolute atomic E-state index is 0.260. The van der Waals surface area contributed by atoms with E-state index in [0.717, 1.165) is 11.1 Å². The van der Waals surface area contributed by atoms with E-state index in [1.165, 1.54) is 0 Å². The molecule has 0 atom stereocenters. The Balaban J connectivity index is 1.72. The van der Waals surface area contributed by atoms with Gasteiger partial charge in [-0.3, -0.25) is 4.79 Å². The van der Waals surface area contributed by atoms with E-state index in [4.69, 9.17) is 0 Å². The second-order valence-electron chi connectivity index (χ2n) is 6.33. The summed E-state index contributed by atoms with van der Waals surface area (Å²) < 4.78 is 2.32. The molecule has 0 aliphatic carbocycles. The smallest absolute Gasteiger partial charge is 0.336 e. The first-order valence-electron chi connectivity index (χ1n) is 8.48. The molecule has 7 nitrogen and oxygen atoms in total. The van der Waals surface area contributed by atoms with Crippen molar-refractivity contribution in [1.82, 2.24) is 19.7 Å². The first-order chi connectivity index (χ1) is 13.5. The number of nitrogens with zero attached hydrogens (tertiary/aromatic N) is 3. The fourth-order valence-electron chi connectivity index (χ4n) is 3.23. The first kappa shape index (κ1) is 18.1. The van der Waals surface area contributed by atoms with E-state index >= 15 is 0 Å². The highest BCUT2D eigenvalue weighted by molar-refractivity contribution is 9.10. The van der Waals surface area contributed by atoms with Crippen LogP contribution in [0.25, 0.3) is 22.2 Å². The number of carboxylic acid groups (broad SMARTS) is 1. The van der Waals surface area contributed by atoms with Crippen LogP contribution in [0, 0.1) is 6.92 Å². The first-order valence-corrected chi connectivity index (χ1v) is 9.27. The van der Waals surface area contributed by atoms with E-state index in [1.807, 2.05) is 41.8 Å². The highest BCUT2D eigenvalue weighted by Gasteiger charge is 2.15. The number of imidazole rings is 1. The maximum Gasteiger partial charge on any atom is 0.336 e. The van der Waals surface area contributed by atoms with Crippen LogP contribution >= 0.6 is 15.9 Å². The number of hydrogen-bond acceptors (Lipinski definition) is 4. The molecule has 2 aromatic carbocycles. The molecule has 0 bridgehead atoms. The van der Waals surface area contributed by atoms with E-state index in [0.29, 0.717) is 33.6 Å². The topological polar surface area (TPSA) is 101 Å². The second-order valence-corrected chi connectivity index (χ2v) is 7.08. The number of aryl methyl sites for hydroxylation is 1. The molecular formula is C20H15BrN4O3. The van der Waals surface area contributed by atoms with Crippen molar-refractivity contribution in [2.45, 2.75) is 13.5 Å². The molecule has 0 unspecified atom stereocenters. The third-order valence-corrected chi connectivity index (χ3v) is 5.14. The van der Waals surface area contributed by atoms with Gasteiger partial charge >= 0.3 is 5.97 Å². The van der Waals surface area contributed by atoms with Crippen LogP contribution in [-0.2, 0) is 6.54 Å². The van der Waals surface area contributed by atoms with Gasteiger partial charge in [0.2, 0.25) is 0 Å². The molecule has 2 aromatic heterocycles. The standard InChI is InChI=1S/C20H15BrN4O3/c1-11-22-16-17(19(26)24-23-18(16)21)25(11)10-12-6-8-13(9-7-12)14-4-2-3-5-15(14)20(27)28/h2-9H,10H2,1H3,(H,24,26)(H,27,28). The molecule has 0 amide bonds. The summed E-state index contributed by atoms with van der Waals surface area (Å²) >= 11 is 3.31. The number of rotatable bonds is 4. The fraction of sp³-hybridized carbons (Fsp3) is 0.100. The number of benzene rings is 2.